The zero-order valence-electron chi connectivity index (χ0n) is 10.9. The van der Waals surface area contributed by atoms with E-state index in [-0.39, 0.29) is 5.91 Å². The second-order valence-corrected chi connectivity index (χ2v) is 4.48. The van der Waals surface area contributed by atoms with Gasteiger partial charge in [0.1, 0.15) is 5.75 Å². The molecule has 0 aromatic heterocycles. The number of nitrogens with one attached hydrogen (secondary N) is 1. The highest BCUT2D eigenvalue weighted by Crippen LogP contribution is 2.27. The van der Waals surface area contributed by atoms with Crippen molar-refractivity contribution in [1.29, 1.82) is 5.26 Å². The lowest BCUT2D eigenvalue weighted by Crippen LogP contribution is -2.24. The van der Waals surface area contributed by atoms with Gasteiger partial charge in [0.05, 0.1) is 25.4 Å². The first-order valence-electron chi connectivity index (χ1n) is 5.75. The molecule has 102 valence electrons. The topological polar surface area (TPSA) is 65.4 Å². The number of nitrogens with zero attached hydrogens (tertiary/aromatic N) is 2. The van der Waals surface area contributed by atoms with Gasteiger partial charge in [0.25, 0.3) is 0 Å². The lowest BCUT2D eigenvalue weighted by atomic mass is 10.2. The van der Waals surface area contributed by atoms with Gasteiger partial charge in [-0.3, -0.25) is 9.69 Å². The minimum atomic E-state index is -0.148. The van der Waals surface area contributed by atoms with Gasteiger partial charge >= 0.3 is 0 Å². The van der Waals surface area contributed by atoms with Crippen LogP contribution in [0.2, 0.25) is 5.02 Å². The second-order valence-electron chi connectivity index (χ2n) is 4.04. The first-order chi connectivity index (χ1) is 9.06. The van der Waals surface area contributed by atoms with Gasteiger partial charge in [-0.2, -0.15) is 5.26 Å². The molecule has 0 bridgehead atoms. The lowest BCUT2D eigenvalue weighted by molar-refractivity contribution is -0.116. The third kappa shape index (κ3) is 5.16. The van der Waals surface area contributed by atoms with Crippen LogP contribution in [-0.2, 0) is 4.79 Å². The molecule has 0 aliphatic carbocycles. The molecular formula is C13H16ClN3O2. The maximum Gasteiger partial charge on any atom is 0.225 e. The molecule has 0 radical (unpaired) electrons. The number of benzene rings is 1. The van der Waals surface area contributed by atoms with Gasteiger partial charge in [-0.25, -0.2) is 0 Å². The van der Waals surface area contributed by atoms with Crippen molar-refractivity contribution in [3.05, 3.63) is 23.2 Å². The fourth-order valence-corrected chi connectivity index (χ4v) is 1.65. The highest BCUT2D eigenvalue weighted by molar-refractivity contribution is 6.31. The number of carbonyl (C=O) groups is 1. The number of hydrogen-bond acceptors (Lipinski definition) is 4. The van der Waals surface area contributed by atoms with E-state index in [1.165, 1.54) is 7.11 Å². The third-order valence-electron chi connectivity index (χ3n) is 2.50. The summed E-state index contributed by atoms with van der Waals surface area (Å²) in [6.07, 6.45) is 0.299. The van der Waals surface area contributed by atoms with Crippen molar-refractivity contribution in [3.63, 3.8) is 0 Å². The summed E-state index contributed by atoms with van der Waals surface area (Å²) in [5.74, 6) is 0.411. The van der Waals surface area contributed by atoms with Crippen molar-refractivity contribution in [2.24, 2.45) is 0 Å². The molecule has 0 atom stereocenters. The van der Waals surface area contributed by atoms with Gasteiger partial charge in [0.2, 0.25) is 5.91 Å². The summed E-state index contributed by atoms with van der Waals surface area (Å²) in [6, 6.07) is 7.04. The summed E-state index contributed by atoms with van der Waals surface area (Å²) in [5, 5.41) is 11.8. The van der Waals surface area contributed by atoms with Gasteiger partial charge in [-0.05, 0) is 25.2 Å². The van der Waals surface area contributed by atoms with E-state index in [2.05, 4.69) is 5.32 Å². The van der Waals surface area contributed by atoms with Crippen LogP contribution < -0.4 is 10.1 Å². The summed E-state index contributed by atoms with van der Waals surface area (Å²) in [4.78, 5) is 13.6. The molecule has 0 aliphatic rings. The maximum atomic E-state index is 11.8. The number of carbonyl (C=O) groups excluding carboxylic acids is 1. The molecule has 1 rings (SSSR count). The Labute approximate surface area is 117 Å². The average Bonchev–Trinajstić information content (AvgIpc) is 2.37. The largest absolute Gasteiger partial charge is 0.495 e. The Kier molecular flexibility index (Phi) is 6.13. The molecule has 0 unspecified atom stereocenters. The zero-order chi connectivity index (χ0) is 14.3. The molecule has 6 heteroatoms. The van der Waals surface area contributed by atoms with Crippen LogP contribution in [-0.4, -0.2) is 38.1 Å². The van der Waals surface area contributed by atoms with Gasteiger partial charge < -0.3 is 10.1 Å². The minimum Gasteiger partial charge on any atom is -0.495 e. The predicted molar refractivity (Wildman–Crippen MR) is 74.4 cm³/mol. The highest BCUT2D eigenvalue weighted by atomic mass is 35.5. The number of anilines is 1. The van der Waals surface area contributed by atoms with E-state index >= 15 is 0 Å². The van der Waals surface area contributed by atoms with E-state index < -0.39 is 0 Å². The van der Waals surface area contributed by atoms with Crippen LogP contribution in [0.4, 0.5) is 5.69 Å². The van der Waals surface area contributed by atoms with Gasteiger partial charge in [0, 0.05) is 18.0 Å². The molecule has 0 saturated carbocycles. The van der Waals surface area contributed by atoms with Crippen LogP contribution in [0.25, 0.3) is 0 Å². The summed E-state index contributed by atoms with van der Waals surface area (Å²) in [7, 11) is 3.32. The molecule has 0 aliphatic heterocycles. The molecule has 19 heavy (non-hydrogen) atoms. The Balaban J connectivity index is 2.57. The van der Waals surface area contributed by atoms with Crippen molar-refractivity contribution in [2.45, 2.75) is 6.42 Å². The quantitative estimate of drug-likeness (QED) is 0.811. The summed E-state index contributed by atoms with van der Waals surface area (Å²) in [6.45, 7) is 0.816. The molecular weight excluding hydrogens is 266 g/mol. The van der Waals surface area contributed by atoms with Crippen LogP contribution in [0.3, 0.4) is 0 Å². The van der Waals surface area contributed by atoms with E-state index in [1.807, 2.05) is 6.07 Å². The lowest BCUT2D eigenvalue weighted by Gasteiger charge is -2.13. The van der Waals surface area contributed by atoms with E-state index in [1.54, 1.807) is 30.1 Å². The van der Waals surface area contributed by atoms with Crippen molar-refractivity contribution in [1.82, 2.24) is 4.90 Å². The number of amides is 1. The molecule has 1 N–H and O–H groups in total. The fraction of sp³-hybridized carbons (Fsp3) is 0.385. The summed E-state index contributed by atoms with van der Waals surface area (Å²) < 4.78 is 5.14. The molecule has 0 spiro atoms. The number of rotatable bonds is 6. The summed E-state index contributed by atoms with van der Waals surface area (Å²) >= 11 is 5.87. The second kappa shape index (κ2) is 7.62. The fourth-order valence-electron chi connectivity index (χ4n) is 1.48. The average molecular weight is 282 g/mol. The van der Waals surface area contributed by atoms with Crippen molar-refractivity contribution < 1.29 is 9.53 Å². The van der Waals surface area contributed by atoms with Gasteiger partial charge in [0.15, 0.2) is 0 Å². The maximum absolute atomic E-state index is 11.8. The predicted octanol–water partition coefficient (Wildman–Crippen LogP) is 2.13. The number of ether oxygens (including phenoxy) is 1. The molecule has 1 amide bonds. The van der Waals surface area contributed by atoms with Crippen LogP contribution >= 0.6 is 11.6 Å². The molecule has 1 aromatic rings. The molecule has 0 heterocycles. The van der Waals surface area contributed by atoms with Crippen molar-refractivity contribution in [2.75, 3.05) is 32.6 Å². The van der Waals surface area contributed by atoms with Crippen LogP contribution in [0.15, 0.2) is 18.2 Å². The zero-order valence-corrected chi connectivity index (χ0v) is 11.7. The van der Waals surface area contributed by atoms with Crippen LogP contribution in [0.5, 0.6) is 5.75 Å². The molecule has 1 aromatic carbocycles. The van der Waals surface area contributed by atoms with Gasteiger partial charge in [-0.1, -0.05) is 11.6 Å². The molecule has 0 fully saturated rings. The standard InChI is InChI=1S/C13H16ClN3O2/c1-17(8-6-15)7-5-13(18)16-11-9-10(14)3-4-12(11)19-2/h3-4,9H,5,7-8H2,1-2H3,(H,16,18). The number of methoxy groups -OCH3 is 1. The number of hydrogen-bond donors (Lipinski definition) is 1. The van der Waals surface area contributed by atoms with Gasteiger partial charge in [-0.15, -0.1) is 0 Å². The SMILES string of the molecule is COc1ccc(Cl)cc1NC(=O)CCN(C)CC#N. The number of halogens is 1. The summed E-state index contributed by atoms with van der Waals surface area (Å²) in [5.41, 5.74) is 0.544. The van der Waals surface area contributed by atoms with Crippen LogP contribution in [0, 0.1) is 11.3 Å². The van der Waals surface area contributed by atoms with Crippen molar-refractivity contribution >= 4 is 23.2 Å². The first-order valence-corrected chi connectivity index (χ1v) is 6.13. The third-order valence-corrected chi connectivity index (χ3v) is 2.73. The number of nitriles is 1. The van der Waals surface area contributed by atoms with E-state index in [4.69, 9.17) is 21.6 Å². The smallest absolute Gasteiger partial charge is 0.225 e. The Morgan fingerprint density at radius 3 is 2.95 bits per heavy atom. The Bertz CT molecular complexity index is 485. The van der Waals surface area contributed by atoms with Crippen LogP contribution in [0.1, 0.15) is 6.42 Å². The van der Waals surface area contributed by atoms with Crippen molar-refractivity contribution in [3.8, 4) is 11.8 Å². The normalized spacial score (nSPS) is 10.1. The van der Waals surface area contributed by atoms with E-state index in [0.717, 1.165) is 0 Å². The Morgan fingerprint density at radius 1 is 1.58 bits per heavy atom. The Morgan fingerprint density at radius 2 is 2.32 bits per heavy atom. The first kappa shape index (κ1) is 15.3. The minimum absolute atomic E-state index is 0.148. The Hall–Kier alpha value is -1.77. The highest BCUT2D eigenvalue weighted by Gasteiger charge is 2.09. The van der Waals surface area contributed by atoms with E-state index in [9.17, 15) is 4.79 Å². The van der Waals surface area contributed by atoms with E-state index in [0.29, 0.717) is 36.0 Å². The monoisotopic (exact) mass is 281 g/mol. The molecule has 0 saturated heterocycles. The molecule has 5 nitrogen and oxygen atoms in total.